The van der Waals surface area contributed by atoms with Crippen LogP contribution in [-0.4, -0.2) is 29.9 Å². The highest BCUT2D eigenvalue weighted by Crippen LogP contribution is 2.02. The zero-order valence-electron chi connectivity index (χ0n) is 8.11. The number of carboxylic acids is 1. The molecule has 5 heteroatoms. The number of anilines is 1. The molecule has 0 saturated carbocycles. The number of rotatable bonds is 3. The summed E-state index contributed by atoms with van der Waals surface area (Å²) in [7, 11) is 5.62. The van der Waals surface area contributed by atoms with Gasteiger partial charge in [0, 0.05) is 12.2 Å². The Morgan fingerprint density at radius 2 is 2.29 bits per heavy atom. The van der Waals surface area contributed by atoms with Crippen LogP contribution >= 0.6 is 0 Å². The molecule has 0 amide bonds. The molecule has 2 N–H and O–H groups in total. The summed E-state index contributed by atoms with van der Waals surface area (Å²) in [6.07, 6.45) is 1.28. The van der Waals surface area contributed by atoms with Crippen LogP contribution in [0.5, 0.6) is 0 Å². The number of carbonyl (C=O) groups is 1. The van der Waals surface area contributed by atoms with Crippen molar-refractivity contribution in [3.05, 3.63) is 17.8 Å². The van der Waals surface area contributed by atoms with Crippen LogP contribution in [0.25, 0.3) is 0 Å². The molecule has 4 nitrogen and oxygen atoms in total. The van der Waals surface area contributed by atoms with Gasteiger partial charge in [-0.1, -0.05) is 5.46 Å². The normalized spacial score (nSPS) is 10.2. The van der Waals surface area contributed by atoms with Crippen LogP contribution in [0.1, 0.15) is 24.2 Å². The average molecular weight is 190 g/mol. The van der Waals surface area contributed by atoms with Gasteiger partial charge in [0.05, 0.1) is 5.56 Å². The van der Waals surface area contributed by atoms with Gasteiger partial charge in [0.25, 0.3) is 0 Å². The largest absolute Gasteiger partial charge is 0.478 e. The number of aromatic carboxylic acids is 1. The fraction of sp³-hybridized carbons (Fsp3) is 0.333. The van der Waals surface area contributed by atoms with Crippen molar-refractivity contribution >= 4 is 25.1 Å². The van der Waals surface area contributed by atoms with Gasteiger partial charge in [-0.25, -0.2) is 9.78 Å². The second kappa shape index (κ2) is 4.13. The molecule has 0 saturated heterocycles. The van der Waals surface area contributed by atoms with Crippen molar-refractivity contribution in [3.63, 3.8) is 0 Å². The molecule has 14 heavy (non-hydrogen) atoms. The number of aromatic nitrogens is 1. The Balaban J connectivity index is 2.95. The molecule has 0 unspecified atom stereocenters. The highest BCUT2D eigenvalue weighted by molar-refractivity contribution is 6.35. The van der Waals surface area contributed by atoms with Gasteiger partial charge < -0.3 is 10.4 Å². The van der Waals surface area contributed by atoms with Crippen molar-refractivity contribution in [1.29, 1.82) is 0 Å². The summed E-state index contributed by atoms with van der Waals surface area (Å²) in [5.74, 6) is -0.509. The van der Waals surface area contributed by atoms with E-state index in [1.54, 1.807) is 0 Å². The van der Waals surface area contributed by atoms with E-state index in [9.17, 15) is 4.79 Å². The van der Waals surface area contributed by atoms with E-state index < -0.39 is 5.97 Å². The smallest absolute Gasteiger partial charge is 0.337 e. The molecule has 0 aromatic carbocycles. The molecule has 2 radical (unpaired) electrons. The van der Waals surface area contributed by atoms with Gasteiger partial charge in [-0.2, -0.15) is 0 Å². The van der Waals surface area contributed by atoms with Crippen LogP contribution in [0, 0.1) is 0 Å². The van der Waals surface area contributed by atoms with Crippen molar-refractivity contribution in [2.24, 2.45) is 0 Å². The summed E-state index contributed by atoms with van der Waals surface area (Å²) in [5.41, 5.74) is 0.440. The summed E-state index contributed by atoms with van der Waals surface area (Å²) < 4.78 is 0. The molecule has 0 bridgehead atoms. The van der Waals surface area contributed by atoms with E-state index >= 15 is 0 Å². The van der Waals surface area contributed by atoms with E-state index in [0.717, 1.165) is 0 Å². The molecule has 0 spiro atoms. The lowest BCUT2D eigenvalue weighted by Crippen LogP contribution is -2.20. The first-order valence-electron chi connectivity index (χ1n) is 4.26. The topological polar surface area (TPSA) is 62.2 Å². The lowest BCUT2D eigenvalue weighted by Gasteiger charge is -2.11. The van der Waals surface area contributed by atoms with Crippen LogP contribution in [0.15, 0.2) is 12.3 Å². The SMILES string of the molecule is [B]c1cc(C(=O)O)cnc1NC(C)C. The molecule has 1 aromatic heterocycles. The minimum Gasteiger partial charge on any atom is -0.478 e. The van der Waals surface area contributed by atoms with Gasteiger partial charge in [0.1, 0.15) is 13.7 Å². The third-order valence-electron chi connectivity index (χ3n) is 1.59. The number of carboxylic acid groups (broad SMARTS) is 1. The number of hydrogen-bond donors (Lipinski definition) is 2. The van der Waals surface area contributed by atoms with Crippen LogP contribution < -0.4 is 10.8 Å². The molecule has 1 heterocycles. The highest BCUT2D eigenvalue weighted by Gasteiger charge is 2.06. The molecule has 72 valence electrons. The average Bonchev–Trinajstić information content (AvgIpc) is 2.07. The number of pyridine rings is 1. The molecular formula is C9H11BN2O2. The lowest BCUT2D eigenvalue weighted by atomic mass is 9.95. The molecule has 0 aliphatic carbocycles. The van der Waals surface area contributed by atoms with Crippen molar-refractivity contribution < 1.29 is 9.90 Å². The number of hydrogen-bond acceptors (Lipinski definition) is 3. The van der Waals surface area contributed by atoms with Gasteiger partial charge >= 0.3 is 5.97 Å². The van der Waals surface area contributed by atoms with Gasteiger partial charge in [-0.3, -0.25) is 0 Å². The Hall–Kier alpha value is -1.52. The molecule has 0 fully saturated rings. The minimum atomic E-state index is -1.03. The third-order valence-corrected chi connectivity index (χ3v) is 1.59. The third kappa shape index (κ3) is 2.48. The fourth-order valence-corrected chi connectivity index (χ4v) is 0.993. The van der Waals surface area contributed by atoms with E-state index in [-0.39, 0.29) is 11.6 Å². The van der Waals surface area contributed by atoms with Gasteiger partial charge in [-0.15, -0.1) is 0 Å². The Labute approximate surface area is 83.8 Å². The first-order chi connectivity index (χ1) is 6.50. The number of nitrogens with zero attached hydrogens (tertiary/aromatic N) is 1. The van der Waals surface area contributed by atoms with E-state index in [1.807, 2.05) is 13.8 Å². The van der Waals surface area contributed by atoms with Gasteiger partial charge in [-0.05, 0) is 19.9 Å². The zero-order chi connectivity index (χ0) is 10.7. The molecule has 1 aromatic rings. The Bertz CT molecular complexity index is 353. The second-order valence-electron chi connectivity index (χ2n) is 3.27. The van der Waals surface area contributed by atoms with E-state index in [2.05, 4.69) is 10.3 Å². The Kier molecular flexibility index (Phi) is 3.12. The molecule has 1 rings (SSSR count). The predicted molar refractivity (Wildman–Crippen MR) is 55.3 cm³/mol. The van der Waals surface area contributed by atoms with Crippen molar-refractivity contribution in [2.45, 2.75) is 19.9 Å². The maximum Gasteiger partial charge on any atom is 0.337 e. The summed E-state index contributed by atoms with van der Waals surface area (Å²) in [6.45, 7) is 3.90. The maximum atomic E-state index is 10.6. The zero-order valence-corrected chi connectivity index (χ0v) is 8.11. The summed E-state index contributed by atoms with van der Waals surface area (Å²) in [5, 5.41) is 11.7. The van der Waals surface area contributed by atoms with E-state index in [0.29, 0.717) is 11.3 Å². The fourth-order valence-electron chi connectivity index (χ4n) is 0.993. The maximum absolute atomic E-state index is 10.6. The monoisotopic (exact) mass is 190 g/mol. The second-order valence-corrected chi connectivity index (χ2v) is 3.27. The predicted octanol–water partition coefficient (Wildman–Crippen LogP) is 0.394. The first-order valence-corrected chi connectivity index (χ1v) is 4.26. The van der Waals surface area contributed by atoms with Crippen LogP contribution in [0.2, 0.25) is 0 Å². The quantitative estimate of drug-likeness (QED) is 0.677. The number of nitrogens with one attached hydrogen (secondary N) is 1. The van der Waals surface area contributed by atoms with Gasteiger partial charge in [0.15, 0.2) is 0 Å². The van der Waals surface area contributed by atoms with E-state index in [4.69, 9.17) is 13.0 Å². The van der Waals surface area contributed by atoms with Crippen LogP contribution in [0.3, 0.4) is 0 Å². The summed E-state index contributed by atoms with van der Waals surface area (Å²) >= 11 is 0. The Morgan fingerprint density at radius 1 is 1.64 bits per heavy atom. The van der Waals surface area contributed by atoms with Crippen molar-refractivity contribution in [1.82, 2.24) is 4.98 Å². The minimum absolute atomic E-state index is 0.0943. The Morgan fingerprint density at radius 3 is 2.71 bits per heavy atom. The molecule has 0 aliphatic rings. The van der Waals surface area contributed by atoms with Gasteiger partial charge in [0.2, 0.25) is 0 Å². The molecule has 0 atom stereocenters. The first kappa shape index (κ1) is 10.6. The van der Waals surface area contributed by atoms with E-state index in [1.165, 1.54) is 12.3 Å². The summed E-state index contributed by atoms with van der Waals surface area (Å²) in [4.78, 5) is 14.5. The molecule has 0 aliphatic heterocycles. The standard InChI is InChI=1S/C9H11BN2O2/c1-5(2)12-8-7(10)3-6(4-11-8)9(13)14/h3-5H,1-2H3,(H,11,12)(H,13,14). The summed E-state index contributed by atoms with van der Waals surface area (Å²) in [6, 6.07) is 1.60. The molecular weight excluding hydrogens is 179 g/mol. The van der Waals surface area contributed by atoms with Crippen molar-refractivity contribution in [3.8, 4) is 0 Å². The van der Waals surface area contributed by atoms with Crippen LogP contribution in [-0.2, 0) is 0 Å². The lowest BCUT2D eigenvalue weighted by molar-refractivity contribution is 0.0696. The van der Waals surface area contributed by atoms with Crippen molar-refractivity contribution in [2.75, 3.05) is 5.32 Å². The van der Waals surface area contributed by atoms with Crippen LogP contribution in [0.4, 0.5) is 5.82 Å². The highest BCUT2D eigenvalue weighted by atomic mass is 16.4.